The van der Waals surface area contributed by atoms with E-state index in [1.165, 1.54) is 5.56 Å². The van der Waals surface area contributed by atoms with E-state index < -0.39 is 7.32 Å². The third kappa shape index (κ3) is 2.91. The first-order valence-electron chi connectivity index (χ1n) is 5.92. The fourth-order valence-electron chi connectivity index (χ4n) is 1.84. The molecular formula is C14H15BO3. The summed E-state index contributed by atoms with van der Waals surface area (Å²) < 4.78 is 4.97. The Kier molecular flexibility index (Phi) is 4.02. The highest BCUT2D eigenvalue weighted by Gasteiger charge is 2.14. The first-order chi connectivity index (χ1) is 8.70. The zero-order valence-corrected chi connectivity index (χ0v) is 10.2. The van der Waals surface area contributed by atoms with Crippen LogP contribution in [0.3, 0.4) is 0 Å². The molecule has 0 atom stereocenters. The van der Waals surface area contributed by atoms with Gasteiger partial charge >= 0.3 is 7.32 Å². The minimum absolute atomic E-state index is 0.455. The molecule has 0 fully saturated rings. The van der Waals surface area contributed by atoms with Crippen LogP contribution in [0.25, 0.3) is 11.1 Å². The predicted molar refractivity (Wildman–Crippen MR) is 72.1 cm³/mol. The molecule has 0 radical (unpaired) electrons. The van der Waals surface area contributed by atoms with Gasteiger partial charge in [0.05, 0.1) is 0 Å². The molecule has 3 nitrogen and oxygen atoms in total. The number of para-hydroxylation sites is 1. The van der Waals surface area contributed by atoms with Gasteiger partial charge in [-0.05, 0) is 23.6 Å². The Balaban J connectivity index is 2.36. The smallest absolute Gasteiger partial charge is 0.512 e. The van der Waals surface area contributed by atoms with Crippen LogP contribution >= 0.6 is 0 Å². The third-order valence-electron chi connectivity index (χ3n) is 2.79. The van der Waals surface area contributed by atoms with E-state index in [0.29, 0.717) is 5.75 Å². The number of rotatable bonds is 4. The molecule has 0 aliphatic rings. The summed E-state index contributed by atoms with van der Waals surface area (Å²) in [5.74, 6) is 0.455. The number of hydrogen-bond donors (Lipinski definition) is 2. The van der Waals surface area contributed by atoms with Crippen LogP contribution in [0.2, 0.25) is 0 Å². The largest absolute Gasteiger partial charge is 0.707 e. The van der Waals surface area contributed by atoms with Gasteiger partial charge < -0.3 is 14.7 Å². The fourth-order valence-corrected chi connectivity index (χ4v) is 1.84. The minimum atomic E-state index is -1.80. The van der Waals surface area contributed by atoms with Gasteiger partial charge in [-0.2, -0.15) is 0 Å². The first-order valence-corrected chi connectivity index (χ1v) is 5.92. The van der Waals surface area contributed by atoms with Gasteiger partial charge in [0.2, 0.25) is 0 Å². The van der Waals surface area contributed by atoms with Crippen LogP contribution in [0, 0.1) is 0 Å². The molecule has 0 saturated heterocycles. The van der Waals surface area contributed by atoms with Crippen molar-refractivity contribution in [2.75, 3.05) is 0 Å². The van der Waals surface area contributed by atoms with E-state index in [1.54, 1.807) is 12.1 Å². The Morgan fingerprint density at radius 2 is 1.67 bits per heavy atom. The molecule has 0 heterocycles. The molecular weight excluding hydrogens is 227 g/mol. The van der Waals surface area contributed by atoms with E-state index >= 15 is 0 Å². The van der Waals surface area contributed by atoms with Crippen LogP contribution in [0.1, 0.15) is 12.5 Å². The summed E-state index contributed by atoms with van der Waals surface area (Å²) >= 11 is 0. The van der Waals surface area contributed by atoms with Crippen LogP contribution in [-0.4, -0.2) is 17.4 Å². The summed E-state index contributed by atoms with van der Waals surface area (Å²) in [4.78, 5) is 0. The van der Waals surface area contributed by atoms with Gasteiger partial charge in [-0.15, -0.1) is 0 Å². The quantitative estimate of drug-likeness (QED) is 0.808. The molecule has 0 aliphatic carbocycles. The second kappa shape index (κ2) is 5.71. The van der Waals surface area contributed by atoms with Crippen LogP contribution < -0.4 is 4.65 Å². The highest BCUT2D eigenvalue weighted by atomic mass is 16.6. The van der Waals surface area contributed by atoms with Crippen molar-refractivity contribution in [1.29, 1.82) is 0 Å². The molecule has 4 heteroatoms. The first kappa shape index (κ1) is 12.7. The Bertz CT molecular complexity index is 509. The standard InChI is InChI=1S/C14H15BO3/c1-2-11-7-9-12(10-8-11)13-5-3-4-6-14(13)18-15(16)17/h3-10,16-17H,2H2,1H3. The number of hydrogen-bond acceptors (Lipinski definition) is 3. The van der Waals surface area contributed by atoms with Crippen LogP contribution in [0.5, 0.6) is 5.75 Å². The van der Waals surface area contributed by atoms with E-state index in [-0.39, 0.29) is 0 Å². The molecule has 2 rings (SSSR count). The summed E-state index contributed by atoms with van der Waals surface area (Å²) in [7, 11) is -1.80. The molecule has 0 unspecified atom stereocenters. The fraction of sp³-hybridized carbons (Fsp3) is 0.143. The van der Waals surface area contributed by atoms with Gasteiger partial charge in [0.15, 0.2) is 0 Å². The molecule has 92 valence electrons. The topological polar surface area (TPSA) is 49.7 Å². The lowest BCUT2D eigenvalue weighted by Crippen LogP contribution is -2.20. The highest BCUT2D eigenvalue weighted by molar-refractivity contribution is 6.34. The zero-order chi connectivity index (χ0) is 13.0. The normalized spacial score (nSPS) is 10.2. The summed E-state index contributed by atoms with van der Waals surface area (Å²) in [6, 6.07) is 15.4. The second-order valence-electron chi connectivity index (χ2n) is 3.99. The van der Waals surface area contributed by atoms with E-state index in [1.807, 2.05) is 24.3 Å². The third-order valence-corrected chi connectivity index (χ3v) is 2.79. The summed E-state index contributed by atoms with van der Waals surface area (Å²) in [5, 5.41) is 17.8. The van der Waals surface area contributed by atoms with Crippen molar-refractivity contribution in [2.45, 2.75) is 13.3 Å². The Morgan fingerprint density at radius 1 is 1.00 bits per heavy atom. The minimum Gasteiger partial charge on any atom is -0.512 e. The van der Waals surface area contributed by atoms with E-state index in [2.05, 4.69) is 19.1 Å². The van der Waals surface area contributed by atoms with Crippen molar-refractivity contribution in [2.24, 2.45) is 0 Å². The maximum atomic E-state index is 8.89. The Labute approximate surface area is 107 Å². The van der Waals surface area contributed by atoms with Crippen LogP contribution in [-0.2, 0) is 6.42 Å². The Hall–Kier alpha value is -1.78. The molecule has 0 saturated carbocycles. The van der Waals surface area contributed by atoms with Gasteiger partial charge in [-0.3, -0.25) is 0 Å². The molecule has 0 amide bonds. The summed E-state index contributed by atoms with van der Waals surface area (Å²) in [6.07, 6.45) is 0.994. The molecule has 0 bridgehead atoms. The molecule has 2 aromatic carbocycles. The molecule has 2 N–H and O–H groups in total. The lowest BCUT2D eigenvalue weighted by Gasteiger charge is -2.11. The molecule has 0 spiro atoms. The van der Waals surface area contributed by atoms with Crippen molar-refractivity contribution >= 4 is 7.32 Å². The van der Waals surface area contributed by atoms with E-state index in [0.717, 1.165) is 17.5 Å². The maximum absolute atomic E-state index is 8.89. The monoisotopic (exact) mass is 242 g/mol. The van der Waals surface area contributed by atoms with E-state index in [4.69, 9.17) is 14.7 Å². The number of aryl methyl sites for hydroxylation is 1. The highest BCUT2D eigenvalue weighted by Crippen LogP contribution is 2.30. The number of benzene rings is 2. The maximum Gasteiger partial charge on any atom is 0.707 e. The van der Waals surface area contributed by atoms with Crippen molar-refractivity contribution < 1.29 is 14.7 Å². The van der Waals surface area contributed by atoms with Crippen molar-refractivity contribution in [3.05, 3.63) is 54.1 Å². The lowest BCUT2D eigenvalue weighted by atomic mass is 10.0. The lowest BCUT2D eigenvalue weighted by molar-refractivity contribution is 0.288. The van der Waals surface area contributed by atoms with Gasteiger partial charge in [-0.25, -0.2) is 0 Å². The molecule has 18 heavy (non-hydrogen) atoms. The zero-order valence-electron chi connectivity index (χ0n) is 10.2. The van der Waals surface area contributed by atoms with Crippen LogP contribution in [0.15, 0.2) is 48.5 Å². The van der Waals surface area contributed by atoms with E-state index in [9.17, 15) is 0 Å². The average molecular weight is 242 g/mol. The van der Waals surface area contributed by atoms with Gasteiger partial charge in [0.25, 0.3) is 0 Å². The van der Waals surface area contributed by atoms with Crippen molar-refractivity contribution in [3.8, 4) is 16.9 Å². The summed E-state index contributed by atoms with van der Waals surface area (Å²) in [5.41, 5.74) is 3.09. The molecule has 0 aliphatic heterocycles. The van der Waals surface area contributed by atoms with Gasteiger partial charge in [0.1, 0.15) is 5.75 Å². The average Bonchev–Trinajstić information content (AvgIpc) is 2.39. The van der Waals surface area contributed by atoms with Crippen molar-refractivity contribution in [1.82, 2.24) is 0 Å². The van der Waals surface area contributed by atoms with Gasteiger partial charge in [-0.1, -0.05) is 49.4 Å². The van der Waals surface area contributed by atoms with Gasteiger partial charge in [0, 0.05) is 5.56 Å². The predicted octanol–water partition coefficient (Wildman–Crippen LogP) is 2.26. The SMILES string of the molecule is CCc1ccc(-c2ccccc2OB(O)O)cc1. The molecule has 0 aromatic heterocycles. The Morgan fingerprint density at radius 3 is 2.28 bits per heavy atom. The van der Waals surface area contributed by atoms with Crippen LogP contribution in [0.4, 0.5) is 0 Å². The second-order valence-corrected chi connectivity index (χ2v) is 3.99. The summed E-state index contributed by atoms with van der Waals surface area (Å²) in [6.45, 7) is 2.11. The molecule has 2 aromatic rings. The van der Waals surface area contributed by atoms with Crippen molar-refractivity contribution in [3.63, 3.8) is 0 Å².